The predicted octanol–water partition coefficient (Wildman–Crippen LogP) is 4.31. The van der Waals surface area contributed by atoms with Gasteiger partial charge in [0.15, 0.2) is 0 Å². The highest BCUT2D eigenvalue weighted by atomic mass is 32.2. The molecule has 0 spiro atoms. The van der Waals surface area contributed by atoms with Crippen LogP contribution in [0.3, 0.4) is 0 Å². The number of methoxy groups -OCH3 is 1. The number of benzene rings is 1. The van der Waals surface area contributed by atoms with Crippen molar-refractivity contribution in [3.05, 3.63) is 48.2 Å². The molecule has 2 atom stereocenters. The van der Waals surface area contributed by atoms with Crippen LogP contribution < -0.4 is 0 Å². The van der Waals surface area contributed by atoms with Gasteiger partial charge in [-0.25, -0.2) is 0 Å². The number of aliphatic hydroxyl groups excluding tert-OH is 1. The summed E-state index contributed by atoms with van der Waals surface area (Å²) in [6, 6.07) is 12.1. The van der Waals surface area contributed by atoms with Crippen LogP contribution in [0.25, 0.3) is 11.3 Å². The number of esters is 1. The van der Waals surface area contributed by atoms with Crippen LogP contribution in [0.1, 0.15) is 31.2 Å². The van der Waals surface area contributed by atoms with E-state index in [0.717, 1.165) is 22.6 Å². The highest BCUT2D eigenvalue weighted by Gasteiger charge is 2.59. The van der Waals surface area contributed by atoms with Gasteiger partial charge in [-0.2, -0.15) is 0 Å². The van der Waals surface area contributed by atoms with Gasteiger partial charge in [-0.1, -0.05) is 24.3 Å². The lowest BCUT2D eigenvalue weighted by Crippen LogP contribution is -2.14. The molecular weight excluding hydrogens is 358 g/mol. The average molecular weight is 384 g/mol. The monoisotopic (exact) mass is 383 g/mol. The lowest BCUT2D eigenvalue weighted by atomic mass is 9.95. The van der Waals surface area contributed by atoms with E-state index in [1.165, 1.54) is 31.3 Å². The number of carbonyl (C=O) groups is 1. The number of aliphatic hydroxyl groups is 1. The number of nitrogens with zero attached hydrogens (tertiary/aromatic N) is 1. The molecule has 0 radical (unpaired) electrons. The fraction of sp³-hybridized carbons (Fsp3) is 0.455. The molecule has 1 aromatic carbocycles. The first-order chi connectivity index (χ1) is 13.1. The molecule has 2 aliphatic rings. The van der Waals surface area contributed by atoms with Gasteiger partial charge in [0, 0.05) is 22.4 Å². The zero-order chi connectivity index (χ0) is 18.9. The Hall–Kier alpha value is -1.85. The minimum Gasteiger partial charge on any atom is -0.469 e. The van der Waals surface area contributed by atoms with E-state index >= 15 is 0 Å². The van der Waals surface area contributed by atoms with Crippen molar-refractivity contribution < 1.29 is 14.6 Å². The van der Waals surface area contributed by atoms with E-state index in [9.17, 15) is 9.90 Å². The minimum atomic E-state index is -0.0585. The van der Waals surface area contributed by atoms with Gasteiger partial charge in [0.05, 0.1) is 25.8 Å². The normalized spacial score (nSPS) is 22.3. The van der Waals surface area contributed by atoms with Gasteiger partial charge in [0.1, 0.15) is 0 Å². The second-order valence-corrected chi connectivity index (χ2v) is 8.85. The molecule has 0 bridgehead atoms. The Bertz CT molecular complexity index is 817. The predicted molar refractivity (Wildman–Crippen MR) is 106 cm³/mol. The fourth-order valence-corrected chi connectivity index (χ4v) is 5.15. The van der Waals surface area contributed by atoms with Crippen molar-refractivity contribution in [3.63, 3.8) is 0 Å². The van der Waals surface area contributed by atoms with Gasteiger partial charge in [-0.15, -0.1) is 11.8 Å². The summed E-state index contributed by atoms with van der Waals surface area (Å²) in [5, 5.41) is 9.17. The van der Waals surface area contributed by atoms with E-state index in [-0.39, 0.29) is 18.0 Å². The maximum absolute atomic E-state index is 11.6. The molecule has 27 heavy (non-hydrogen) atoms. The van der Waals surface area contributed by atoms with E-state index in [1.807, 2.05) is 42.2 Å². The maximum atomic E-state index is 11.6. The largest absolute Gasteiger partial charge is 0.469 e. The summed E-state index contributed by atoms with van der Waals surface area (Å²) < 4.78 is 4.87. The zero-order valence-corrected chi connectivity index (χ0v) is 16.4. The Morgan fingerprint density at radius 3 is 2.74 bits per heavy atom. The summed E-state index contributed by atoms with van der Waals surface area (Å²) in [5.41, 5.74) is 3.18. The first-order valence-corrected chi connectivity index (χ1v) is 10.5. The van der Waals surface area contributed by atoms with Crippen LogP contribution in [0, 0.1) is 17.3 Å². The smallest absolute Gasteiger partial charge is 0.306 e. The topological polar surface area (TPSA) is 59.4 Å². The van der Waals surface area contributed by atoms with E-state index < -0.39 is 0 Å². The van der Waals surface area contributed by atoms with Crippen molar-refractivity contribution in [2.75, 3.05) is 12.9 Å². The van der Waals surface area contributed by atoms with Crippen LogP contribution in [-0.4, -0.2) is 28.9 Å². The minimum absolute atomic E-state index is 0.0585. The van der Waals surface area contributed by atoms with Gasteiger partial charge < -0.3 is 9.84 Å². The number of rotatable bonds is 8. The first kappa shape index (κ1) is 18.5. The maximum Gasteiger partial charge on any atom is 0.306 e. The Kier molecular flexibility index (Phi) is 5.24. The van der Waals surface area contributed by atoms with Crippen molar-refractivity contribution >= 4 is 17.7 Å². The van der Waals surface area contributed by atoms with Crippen LogP contribution in [0.4, 0.5) is 0 Å². The Balaban J connectivity index is 1.34. The van der Waals surface area contributed by atoms with Gasteiger partial charge in [-0.3, -0.25) is 9.78 Å². The Morgan fingerprint density at radius 2 is 2.07 bits per heavy atom. The zero-order valence-electron chi connectivity index (χ0n) is 15.6. The van der Waals surface area contributed by atoms with Crippen LogP contribution in [-0.2, 0) is 16.1 Å². The lowest BCUT2D eigenvalue weighted by molar-refractivity contribution is -0.142. The number of pyridine rings is 1. The second-order valence-electron chi connectivity index (χ2n) is 7.76. The van der Waals surface area contributed by atoms with Crippen molar-refractivity contribution in [1.82, 2.24) is 4.98 Å². The molecule has 4 rings (SSSR count). The molecule has 2 aliphatic carbocycles. The molecule has 4 nitrogen and oxygen atoms in total. The summed E-state index contributed by atoms with van der Waals surface area (Å²) in [7, 11) is 1.48. The molecule has 0 aliphatic heterocycles. The number of hydrogen-bond acceptors (Lipinski definition) is 5. The van der Waals surface area contributed by atoms with Crippen LogP contribution in [0.15, 0.2) is 47.5 Å². The molecule has 0 amide bonds. The average Bonchev–Trinajstić information content (AvgIpc) is 3.62. The van der Waals surface area contributed by atoms with Gasteiger partial charge >= 0.3 is 5.97 Å². The van der Waals surface area contributed by atoms with E-state index in [4.69, 9.17) is 4.74 Å². The summed E-state index contributed by atoms with van der Waals surface area (Å²) in [5.74, 6) is 2.44. The Labute approximate surface area is 164 Å². The SMILES string of the molecule is COC(=O)CC1(C2CC2CSc2ccnc(-c3ccc(CO)cc3)c2)CC1. The molecule has 2 aromatic rings. The molecule has 2 unspecified atom stereocenters. The quantitative estimate of drug-likeness (QED) is 0.544. The number of carbonyl (C=O) groups excluding carboxylic acids is 1. The molecule has 2 fully saturated rings. The first-order valence-electron chi connectivity index (χ1n) is 9.49. The van der Waals surface area contributed by atoms with Crippen LogP contribution >= 0.6 is 11.8 Å². The molecule has 1 N–H and O–H groups in total. The molecular formula is C22H25NO3S. The molecule has 142 valence electrons. The van der Waals surface area contributed by atoms with Crippen LogP contribution in [0.2, 0.25) is 0 Å². The highest BCUT2D eigenvalue weighted by molar-refractivity contribution is 7.99. The standard InChI is InChI=1S/C22H25NO3S/c1-26-21(25)12-22(7-8-22)19-10-17(19)14-27-18-6-9-23-20(11-18)16-4-2-15(13-24)3-5-16/h2-6,9,11,17,19,24H,7-8,10,12-14H2,1H3. The third kappa shape index (κ3) is 4.19. The molecule has 1 heterocycles. The van der Waals surface area contributed by atoms with Crippen molar-refractivity contribution in [2.45, 2.75) is 37.2 Å². The lowest BCUT2D eigenvalue weighted by Gasteiger charge is -2.13. The highest BCUT2D eigenvalue weighted by Crippen LogP contribution is 2.66. The third-order valence-electron chi connectivity index (χ3n) is 5.95. The number of thioether (sulfide) groups is 1. The summed E-state index contributed by atoms with van der Waals surface area (Å²) in [4.78, 5) is 17.4. The van der Waals surface area contributed by atoms with Gasteiger partial charge in [0.2, 0.25) is 0 Å². The van der Waals surface area contributed by atoms with Crippen molar-refractivity contribution in [1.29, 1.82) is 0 Å². The van der Waals surface area contributed by atoms with Crippen LogP contribution in [0.5, 0.6) is 0 Å². The van der Waals surface area contributed by atoms with E-state index in [1.54, 1.807) is 0 Å². The summed E-state index contributed by atoms with van der Waals surface area (Å²) >= 11 is 1.88. The van der Waals surface area contributed by atoms with E-state index in [0.29, 0.717) is 18.3 Å². The molecule has 1 aromatic heterocycles. The fourth-order valence-electron chi connectivity index (χ4n) is 4.02. The number of ether oxygens (including phenoxy) is 1. The summed E-state index contributed by atoms with van der Waals surface area (Å²) in [6.45, 7) is 0.0592. The summed E-state index contributed by atoms with van der Waals surface area (Å²) in [6.07, 6.45) is 6.05. The molecule has 5 heteroatoms. The number of aromatic nitrogens is 1. The van der Waals surface area contributed by atoms with Gasteiger partial charge in [-0.05, 0) is 54.2 Å². The number of hydrogen-bond donors (Lipinski definition) is 1. The Morgan fingerprint density at radius 1 is 1.30 bits per heavy atom. The van der Waals surface area contributed by atoms with Crippen molar-refractivity contribution in [2.24, 2.45) is 17.3 Å². The van der Waals surface area contributed by atoms with Gasteiger partial charge in [0.25, 0.3) is 0 Å². The molecule has 2 saturated carbocycles. The molecule has 0 saturated heterocycles. The van der Waals surface area contributed by atoms with E-state index in [2.05, 4.69) is 17.1 Å². The third-order valence-corrected chi connectivity index (χ3v) is 7.14. The second kappa shape index (κ2) is 7.64. The van der Waals surface area contributed by atoms with Crippen molar-refractivity contribution in [3.8, 4) is 11.3 Å².